The SMILES string of the molecule is Cn1cc(-c2cnn(CC3CC3)c2)c2cc(Br)ncc21. The molecule has 3 aromatic heterocycles. The molecule has 0 spiro atoms. The van der Waals surface area contributed by atoms with Gasteiger partial charge in [-0.2, -0.15) is 5.10 Å². The van der Waals surface area contributed by atoms with Gasteiger partial charge in [0.25, 0.3) is 0 Å². The van der Waals surface area contributed by atoms with Gasteiger partial charge in [-0.25, -0.2) is 4.98 Å². The highest BCUT2D eigenvalue weighted by molar-refractivity contribution is 9.10. The van der Waals surface area contributed by atoms with E-state index >= 15 is 0 Å². The molecule has 0 aromatic carbocycles. The van der Waals surface area contributed by atoms with Crippen molar-refractivity contribution in [2.24, 2.45) is 13.0 Å². The van der Waals surface area contributed by atoms with Crippen molar-refractivity contribution < 1.29 is 0 Å². The van der Waals surface area contributed by atoms with Gasteiger partial charge in [0.15, 0.2) is 0 Å². The highest BCUT2D eigenvalue weighted by Gasteiger charge is 2.22. The number of pyridine rings is 1. The van der Waals surface area contributed by atoms with Crippen LogP contribution in [0.2, 0.25) is 0 Å². The molecular formula is C15H15BrN4. The van der Waals surface area contributed by atoms with E-state index in [4.69, 9.17) is 0 Å². The van der Waals surface area contributed by atoms with Crippen LogP contribution in [0.1, 0.15) is 12.8 Å². The van der Waals surface area contributed by atoms with Gasteiger partial charge < -0.3 is 4.57 Å². The van der Waals surface area contributed by atoms with Gasteiger partial charge in [0.05, 0.1) is 17.9 Å². The zero-order chi connectivity index (χ0) is 13.7. The quantitative estimate of drug-likeness (QED) is 0.688. The Kier molecular flexibility index (Phi) is 2.70. The maximum absolute atomic E-state index is 4.49. The zero-order valence-corrected chi connectivity index (χ0v) is 12.8. The number of aromatic nitrogens is 4. The zero-order valence-electron chi connectivity index (χ0n) is 11.3. The van der Waals surface area contributed by atoms with E-state index in [1.54, 1.807) is 0 Å². The van der Waals surface area contributed by atoms with E-state index in [1.807, 2.05) is 12.4 Å². The van der Waals surface area contributed by atoms with Gasteiger partial charge in [-0.05, 0) is 40.8 Å². The molecule has 20 heavy (non-hydrogen) atoms. The second kappa shape index (κ2) is 4.45. The molecular weight excluding hydrogens is 316 g/mol. The molecule has 4 rings (SSSR count). The lowest BCUT2D eigenvalue weighted by Gasteiger charge is -1.97. The lowest BCUT2D eigenvalue weighted by Crippen LogP contribution is -1.98. The van der Waals surface area contributed by atoms with Gasteiger partial charge in [0, 0.05) is 42.5 Å². The molecule has 1 fully saturated rings. The minimum absolute atomic E-state index is 0.841. The highest BCUT2D eigenvalue weighted by Crippen LogP contribution is 2.33. The average molecular weight is 331 g/mol. The molecule has 0 amide bonds. The van der Waals surface area contributed by atoms with Crippen LogP contribution in [0.4, 0.5) is 0 Å². The van der Waals surface area contributed by atoms with Crippen molar-refractivity contribution in [2.45, 2.75) is 19.4 Å². The van der Waals surface area contributed by atoms with Crippen LogP contribution in [0, 0.1) is 5.92 Å². The second-order valence-electron chi connectivity index (χ2n) is 5.57. The van der Waals surface area contributed by atoms with Crippen molar-refractivity contribution >= 4 is 26.8 Å². The van der Waals surface area contributed by atoms with E-state index in [9.17, 15) is 0 Å². The van der Waals surface area contributed by atoms with Gasteiger partial charge in [-0.3, -0.25) is 4.68 Å². The van der Waals surface area contributed by atoms with Gasteiger partial charge in [0.1, 0.15) is 4.60 Å². The summed E-state index contributed by atoms with van der Waals surface area (Å²) in [6.45, 7) is 1.05. The molecule has 0 N–H and O–H groups in total. The summed E-state index contributed by atoms with van der Waals surface area (Å²) in [5.74, 6) is 0.841. The topological polar surface area (TPSA) is 35.6 Å². The monoisotopic (exact) mass is 330 g/mol. The fourth-order valence-electron chi connectivity index (χ4n) is 2.65. The maximum Gasteiger partial charge on any atom is 0.106 e. The Morgan fingerprint density at radius 3 is 2.95 bits per heavy atom. The first-order chi connectivity index (χ1) is 9.70. The minimum Gasteiger partial charge on any atom is -0.349 e. The van der Waals surface area contributed by atoms with Crippen LogP contribution >= 0.6 is 15.9 Å². The Balaban J connectivity index is 1.80. The molecule has 102 valence electrons. The second-order valence-corrected chi connectivity index (χ2v) is 6.38. The summed E-state index contributed by atoms with van der Waals surface area (Å²) >= 11 is 3.45. The Morgan fingerprint density at radius 2 is 2.15 bits per heavy atom. The first-order valence-electron chi connectivity index (χ1n) is 6.84. The minimum atomic E-state index is 0.841. The van der Waals surface area contributed by atoms with Crippen molar-refractivity contribution in [1.29, 1.82) is 0 Å². The molecule has 0 saturated heterocycles. The molecule has 1 aliphatic carbocycles. The molecule has 3 heterocycles. The molecule has 4 nitrogen and oxygen atoms in total. The Hall–Kier alpha value is -1.62. The number of nitrogens with zero attached hydrogens (tertiary/aromatic N) is 4. The summed E-state index contributed by atoms with van der Waals surface area (Å²) in [4.78, 5) is 4.30. The van der Waals surface area contributed by atoms with Crippen molar-refractivity contribution in [1.82, 2.24) is 19.3 Å². The predicted molar refractivity (Wildman–Crippen MR) is 82.4 cm³/mol. The number of hydrogen-bond donors (Lipinski definition) is 0. The lowest BCUT2D eigenvalue weighted by atomic mass is 10.1. The van der Waals surface area contributed by atoms with Crippen molar-refractivity contribution in [3.63, 3.8) is 0 Å². The summed E-state index contributed by atoms with van der Waals surface area (Å²) in [6.07, 6.45) is 10.9. The number of rotatable bonds is 3. The van der Waals surface area contributed by atoms with Gasteiger partial charge >= 0.3 is 0 Å². The van der Waals surface area contributed by atoms with Crippen LogP contribution in [0.3, 0.4) is 0 Å². The fraction of sp³-hybridized carbons (Fsp3) is 0.333. The summed E-state index contributed by atoms with van der Waals surface area (Å²) in [5.41, 5.74) is 3.53. The third-order valence-corrected chi connectivity index (χ3v) is 4.36. The van der Waals surface area contributed by atoms with E-state index in [0.717, 1.165) is 22.6 Å². The molecule has 3 aromatic rings. The van der Waals surface area contributed by atoms with Crippen LogP contribution in [-0.2, 0) is 13.6 Å². The summed E-state index contributed by atoms with van der Waals surface area (Å²) in [6, 6.07) is 2.07. The lowest BCUT2D eigenvalue weighted by molar-refractivity contribution is 0.563. The van der Waals surface area contributed by atoms with Crippen molar-refractivity contribution in [2.75, 3.05) is 0 Å². The van der Waals surface area contributed by atoms with E-state index in [0.29, 0.717) is 0 Å². The van der Waals surface area contributed by atoms with Gasteiger partial charge in [-0.15, -0.1) is 0 Å². The van der Waals surface area contributed by atoms with Crippen LogP contribution in [0.25, 0.3) is 22.0 Å². The molecule has 5 heteroatoms. The summed E-state index contributed by atoms with van der Waals surface area (Å²) in [7, 11) is 2.05. The molecule has 0 bridgehead atoms. The van der Waals surface area contributed by atoms with E-state index in [-0.39, 0.29) is 0 Å². The van der Waals surface area contributed by atoms with Crippen LogP contribution in [0.15, 0.2) is 35.5 Å². The molecule has 0 aliphatic heterocycles. The Morgan fingerprint density at radius 1 is 1.30 bits per heavy atom. The third-order valence-electron chi connectivity index (χ3n) is 3.93. The number of fused-ring (bicyclic) bond motifs is 1. The summed E-state index contributed by atoms with van der Waals surface area (Å²) in [5, 5.41) is 5.70. The first kappa shape index (κ1) is 12.1. The third kappa shape index (κ3) is 2.06. The van der Waals surface area contributed by atoms with E-state index in [1.165, 1.54) is 29.4 Å². The molecule has 0 radical (unpaired) electrons. The number of halogens is 1. The Bertz CT molecular complexity index is 782. The fourth-order valence-corrected chi connectivity index (χ4v) is 2.98. The average Bonchev–Trinajstić information content (AvgIpc) is 3.01. The Labute approximate surface area is 125 Å². The standard InChI is InChI=1S/C15H15BrN4/c1-19-9-13(12-4-15(16)17-6-14(12)19)11-5-18-20(8-11)7-10-2-3-10/h4-6,8-10H,2-3,7H2,1H3. The van der Waals surface area contributed by atoms with Gasteiger partial charge in [-0.1, -0.05) is 0 Å². The predicted octanol–water partition coefficient (Wildman–Crippen LogP) is 3.61. The van der Waals surface area contributed by atoms with E-state index < -0.39 is 0 Å². The maximum atomic E-state index is 4.49. The summed E-state index contributed by atoms with van der Waals surface area (Å²) < 4.78 is 5.05. The molecule has 1 saturated carbocycles. The van der Waals surface area contributed by atoms with Crippen LogP contribution in [-0.4, -0.2) is 19.3 Å². The smallest absolute Gasteiger partial charge is 0.106 e. The number of hydrogen-bond acceptors (Lipinski definition) is 2. The van der Waals surface area contributed by atoms with E-state index in [2.05, 4.69) is 60.8 Å². The van der Waals surface area contributed by atoms with Crippen LogP contribution < -0.4 is 0 Å². The highest BCUT2D eigenvalue weighted by atomic mass is 79.9. The van der Waals surface area contributed by atoms with Crippen molar-refractivity contribution in [3.05, 3.63) is 35.5 Å². The van der Waals surface area contributed by atoms with Gasteiger partial charge in [0.2, 0.25) is 0 Å². The number of aryl methyl sites for hydroxylation is 1. The normalized spacial score (nSPS) is 15.1. The molecule has 0 unspecified atom stereocenters. The first-order valence-corrected chi connectivity index (χ1v) is 7.63. The molecule has 0 atom stereocenters. The van der Waals surface area contributed by atoms with Crippen molar-refractivity contribution in [3.8, 4) is 11.1 Å². The largest absolute Gasteiger partial charge is 0.349 e. The molecule has 1 aliphatic rings. The van der Waals surface area contributed by atoms with Crippen LogP contribution in [0.5, 0.6) is 0 Å².